The molecule has 6 heteroatoms. The Kier molecular flexibility index (Phi) is 3.71. The smallest absolute Gasteiger partial charge is 0.275 e. The summed E-state index contributed by atoms with van der Waals surface area (Å²) >= 11 is 9.12. The Morgan fingerprint density at radius 3 is 2.82 bits per heavy atom. The van der Waals surface area contributed by atoms with Gasteiger partial charge in [-0.05, 0) is 34.1 Å². The third kappa shape index (κ3) is 3.01. The Hall–Kier alpha value is -1.46. The lowest BCUT2D eigenvalue weighted by Crippen LogP contribution is -2.14. The van der Waals surface area contributed by atoms with Crippen LogP contribution in [0.2, 0.25) is 5.02 Å². The number of nitrogens with one attached hydrogen (secondary N) is 1. The molecule has 1 N–H and O–H groups in total. The summed E-state index contributed by atoms with van der Waals surface area (Å²) in [5.74, 6) is -0.318. The Bertz CT molecular complexity index is 548. The van der Waals surface area contributed by atoms with Gasteiger partial charge in [-0.1, -0.05) is 11.6 Å². The van der Waals surface area contributed by atoms with Gasteiger partial charge in [0, 0.05) is 21.9 Å². The summed E-state index contributed by atoms with van der Waals surface area (Å²) in [6, 6.07) is 5.10. The Balaban J connectivity index is 2.19. The van der Waals surface area contributed by atoms with Gasteiger partial charge in [0.1, 0.15) is 5.69 Å². The molecular weight excluding hydrogens is 305 g/mol. The number of benzene rings is 1. The number of amides is 1. The molecule has 0 aliphatic heterocycles. The molecule has 0 aliphatic rings. The van der Waals surface area contributed by atoms with Gasteiger partial charge in [0.05, 0.1) is 11.9 Å². The molecule has 17 heavy (non-hydrogen) atoms. The predicted molar refractivity (Wildman–Crippen MR) is 69.1 cm³/mol. The van der Waals surface area contributed by atoms with Crippen molar-refractivity contribution in [2.45, 2.75) is 0 Å². The van der Waals surface area contributed by atoms with Gasteiger partial charge in [-0.25, -0.2) is 4.98 Å². The molecule has 1 aromatic carbocycles. The number of hydrogen-bond donors (Lipinski definition) is 1. The minimum Gasteiger partial charge on any atom is -0.320 e. The highest BCUT2D eigenvalue weighted by Gasteiger charge is 2.09. The Morgan fingerprint density at radius 2 is 2.18 bits per heavy atom. The van der Waals surface area contributed by atoms with E-state index in [1.165, 1.54) is 18.6 Å². The van der Waals surface area contributed by atoms with E-state index in [1.54, 1.807) is 18.2 Å². The first kappa shape index (κ1) is 12.0. The van der Waals surface area contributed by atoms with Crippen LogP contribution in [0.3, 0.4) is 0 Å². The predicted octanol–water partition coefficient (Wildman–Crippen LogP) is 3.14. The zero-order chi connectivity index (χ0) is 12.3. The topological polar surface area (TPSA) is 54.9 Å². The number of aromatic nitrogens is 2. The van der Waals surface area contributed by atoms with Gasteiger partial charge in [-0.15, -0.1) is 0 Å². The molecule has 86 valence electrons. The fourth-order valence-corrected chi connectivity index (χ4v) is 1.98. The highest BCUT2D eigenvalue weighted by atomic mass is 79.9. The third-order valence-electron chi connectivity index (χ3n) is 1.98. The summed E-state index contributed by atoms with van der Waals surface area (Å²) in [6.45, 7) is 0. The van der Waals surface area contributed by atoms with E-state index in [-0.39, 0.29) is 11.6 Å². The van der Waals surface area contributed by atoms with Crippen LogP contribution in [0.5, 0.6) is 0 Å². The third-order valence-corrected chi connectivity index (χ3v) is 2.87. The van der Waals surface area contributed by atoms with E-state index in [4.69, 9.17) is 11.6 Å². The van der Waals surface area contributed by atoms with Crippen molar-refractivity contribution in [1.82, 2.24) is 9.97 Å². The quantitative estimate of drug-likeness (QED) is 0.927. The van der Waals surface area contributed by atoms with Crippen LogP contribution < -0.4 is 5.32 Å². The maximum atomic E-state index is 11.8. The fraction of sp³-hybridized carbons (Fsp3) is 0. The molecule has 0 spiro atoms. The van der Waals surface area contributed by atoms with Crippen LogP contribution >= 0.6 is 27.5 Å². The molecular formula is C11H7BrClN3O. The number of carbonyl (C=O) groups excluding carboxylic acids is 1. The van der Waals surface area contributed by atoms with Gasteiger partial charge in [-0.2, -0.15) is 0 Å². The van der Waals surface area contributed by atoms with Gasteiger partial charge in [0.2, 0.25) is 0 Å². The molecule has 0 saturated heterocycles. The molecule has 0 unspecified atom stereocenters. The fourth-order valence-electron chi connectivity index (χ4n) is 1.19. The van der Waals surface area contributed by atoms with Crippen LogP contribution in [0, 0.1) is 0 Å². The lowest BCUT2D eigenvalue weighted by Gasteiger charge is -2.06. The molecule has 0 saturated carbocycles. The zero-order valence-electron chi connectivity index (χ0n) is 8.52. The average molecular weight is 313 g/mol. The van der Waals surface area contributed by atoms with Gasteiger partial charge < -0.3 is 5.32 Å². The number of anilines is 1. The Labute approximate surface area is 111 Å². The largest absolute Gasteiger partial charge is 0.320 e. The van der Waals surface area contributed by atoms with Crippen LogP contribution in [0.25, 0.3) is 0 Å². The van der Waals surface area contributed by atoms with E-state index < -0.39 is 0 Å². The van der Waals surface area contributed by atoms with Crippen LogP contribution in [-0.4, -0.2) is 15.9 Å². The van der Waals surface area contributed by atoms with Crippen molar-refractivity contribution < 1.29 is 4.79 Å². The molecule has 0 bridgehead atoms. The number of hydrogen-bond acceptors (Lipinski definition) is 3. The monoisotopic (exact) mass is 311 g/mol. The normalized spacial score (nSPS) is 10.0. The van der Waals surface area contributed by atoms with Crippen LogP contribution in [0.15, 0.2) is 41.3 Å². The van der Waals surface area contributed by atoms with Crippen LogP contribution in [0.4, 0.5) is 5.69 Å². The van der Waals surface area contributed by atoms with E-state index in [2.05, 4.69) is 31.2 Å². The first-order chi connectivity index (χ1) is 8.16. The minimum atomic E-state index is -0.318. The number of carbonyl (C=O) groups is 1. The standard InChI is InChI=1S/C11H7BrClN3O/c12-8-5-7(13)1-2-9(8)16-11(17)10-6-14-3-4-15-10/h1-6H,(H,16,17). The summed E-state index contributed by atoms with van der Waals surface area (Å²) in [6.07, 6.45) is 4.37. The van der Waals surface area contributed by atoms with Gasteiger partial charge in [0.15, 0.2) is 0 Å². The summed E-state index contributed by atoms with van der Waals surface area (Å²) < 4.78 is 0.710. The molecule has 0 radical (unpaired) electrons. The van der Waals surface area contributed by atoms with Crippen molar-refractivity contribution in [1.29, 1.82) is 0 Å². The molecule has 2 rings (SSSR count). The zero-order valence-corrected chi connectivity index (χ0v) is 10.9. The molecule has 1 heterocycles. The van der Waals surface area contributed by atoms with Crippen LogP contribution in [0.1, 0.15) is 10.5 Å². The van der Waals surface area contributed by atoms with E-state index >= 15 is 0 Å². The average Bonchev–Trinajstić information content (AvgIpc) is 2.34. The van der Waals surface area contributed by atoms with E-state index in [0.29, 0.717) is 15.2 Å². The van der Waals surface area contributed by atoms with Crippen molar-refractivity contribution in [2.75, 3.05) is 5.32 Å². The molecule has 1 aromatic heterocycles. The van der Waals surface area contributed by atoms with Gasteiger partial charge in [0.25, 0.3) is 5.91 Å². The summed E-state index contributed by atoms with van der Waals surface area (Å²) in [4.78, 5) is 19.5. The SMILES string of the molecule is O=C(Nc1ccc(Cl)cc1Br)c1cnccn1. The first-order valence-electron chi connectivity index (χ1n) is 4.69. The molecule has 1 amide bonds. The van der Waals surface area contributed by atoms with E-state index in [0.717, 1.165) is 0 Å². The van der Waals surface area contributed by atoms with Gasteiger partial charge in [-0.3, -0.25) is 9.78 Å². The number of rotatable bonds is 2. The number of nitrogens with zero attached hydrogens (tertiary/aromatic N) is 2. The van der Waals surface area contributed by atoms with E-state index in [1.807, 2.05) is 0 Å². The van der Waals surface area contributed by atoms with Gasteiger partial charge >= 0.3 is 0 Å². The molecule has 0 atom stereocenters. The second-order valence-electron chi connectivity index (χ2n) is 3.17. The Morgan fingerprint density at radius 1 is 1.35 bits per heavy atom. The molecule has 2 aromatic rings. The first-order valence-corrected chi connectivity index (χ1v) is 5.86. The summed E-state index contributed by atoms with van der Waals surface area (Å²) in [7, 11) is 0. The molecule has 4 nitrogen and oxygen atoms in total. The lowest BCUT2D eigenvalue weighted by molar-refractivity contribution is 0.102. The highest BCUT2D eigenvalue weighted by molar-refractivity contribution is 9.10. The maximum absolute atomic E-state index is 11.8. The second kappa shape index (κ2) is 5.25. The van der Waals surface area contributed by atoms with Crippen molar-refractivity contribution in [3.8, 4) is 0 Å². The highest BCUT2D eigenvalue weighted by Crippen LogP contribution is 2.26. The molecule has 0 fully saturated rings. The summed E-state index contributed by atoms with van der Waals surface area (Å²) in [5, 5.41) is 3.30. The van der Waals surface area contributed by atoms with E-state index in [9.17, 15) is 4.79 Å². The van der Waals surface area contributed by atoms with Crippen molar-refractivity contribution in [3.05, 3.63) is 52.0 Å². The lowest BCUT2D eigenvalue weighted by atomic mass is 10.3. The van der Waals surface area contributed by atoms with Crippen molar-refractivity contribution >= 4 is 39.1 Å². The molecule has 0 aliphatic carbocycles. The minimum absolute atomic E-state index is 0.259. The number of halogens is 2. The van der Waals surface area contributed by atoms with Crippen molar-refractivity contribution in [3.63, 3.8) is 0 Å². The van der Waals surface area contributed by atoms with Crippen LogP contribution in [-0.2, 0) is 0 Å². The van der Waals surface area contributed by atoms with Crippen molar-refractivity contribution in [2.24, 2.45) is 0 Å². The summed E-state index contributed by atoms with van der Waals surface area (Å²) in [5.41, 5.74) is 0.888. The maximum Gasteiger partial charge on any atom is 0.275 e. The second-order valence-corrected chi connectivity index (χ2v) is 4.46.